The minimum atomic E-state index is 0.444. The highest BCUT2D eigenvalue weighted by molar-refractivity contribution is 9.12. The molecule has 0 aliphatic carbocycles. The van der Waals surface area contributed by atoms with Gasteiger partial charge in [-0.2, -0.15) is 10.5 Å². The van der Waals surface area contributed by atoms with Crippen LogP contribution in [0.3, 0.4) is 0 Å². The van der Waals surface area contributed by atoms with E-state index in [0.717, 1.165) is 13.2 Å². The first-order valence-corrected chi connectivity index (χ1v) is 9.97. The van der Waals surface area contributed by atoms with Crippen molar-refractivity contribution in [2.45, 2.75) is 13.8 Å². The first-order valence-electron chi connectivity index (χ1n) is 7.66. The number of para-hydroxylation sites is 2. The maximum atomic E-state index is 8.29. The van der Waals surface area contributed by atoms with Crippen LogP contribution in [0.2, 0.25) is 20.1 Å². The summed E-state index contributed by atoms with van der Waals surface area (Å²) in [5, 5.41) is 19.8. The standard InChI is InChI=1S/C7H4Cl2N2.C6H5Cl2N.C4H10O.CBrN/c8-5-2-1-3-6(9)7(5)11-4-10;7-4-2-1-3-5(8)6(4)9;1-3-5-4-2;2-1-3/h1-3,11H;1-3H,9H2;3-4H2,1-2H3;. The Hall–Kier alpha value is -1.38. The number of benzene rings is 2. The Bertz CT molecular complexity index is 737. The van der Waals surface area contributed by atoms with E-state index in [-0.39, 0.29) is 0 Å². The Balaban J connectivity index is 0. The predicted octanol–water partition coefficient (Wildman–Crippen LogP) is 7.37. The van der Waals surface area contributed by atoms with Crippen LogP contribution in [-0.4, -0.2) is 13.2 Å². The zero-order valence-electron chi connectivity index (χ0n) is 15.1. The van der Waals surface area contributed by atoms with Crippen molar-refractivity contribution in [1.82, 2.24) is 0 Å². The van der Waals surface area contributed by atoms with E-state index >= 15 is 0 Å². The fourth-order valence-electron chi connectivity index (χ4n) is 1.39. The van der Waals surface area contributed by atoms with Crippen LogP contribution in [0.1, 0.15) is 13.8 Å². The van der Waals surface area contributed by atoms with E-state index in [1.54, 1.807) is 47.6 Å². The summed E-state index contributed by atoms with van der Waals surface area (Å²) in [6, 6.07) is 10.2. The molecule has 0 amide bonds. The second-order valence-corrected chi connectivity index (χ2v) is 6.32. The van der Waals surface area contributed by atoms with Crippen LogP contribution in [-0.2, 0) is 4.74 Å². The van der Waals surface area contributed by atoms with E-state index in [1.807, 2.05) is 13.8 Å². The Morgan fingerprint density at radius 3 is 1.54 bits per heavy atom. The van der Waals surface area contributed by atoms with Crippen molar-refractivity contribution < 1.29 is 4.74 Å². The molecule has 0 saturated carbocycles. The smallest absolute Gasteiger partial charge is 0.181 e. The molecule has 0 heterocycles. The van der Waals surface area contributed by atoms with E-state index in [4.69, 9.17) is 67.4 Å². The summed E-state index contributed by atoms with van der Waals surface area (Å²) in [5.74, 6) is 0. The van der Waals surface area contributed by atoms with Gasteiger partial charge < -0.3 is 10.5 Å². The summed E-state index contributed by atoms with van der Waals surface area (Å²) in [7, 11) is 0. The molecule has 0 aromatic heterocycles. The molecular formula is C18H19BrCl4N4O. The summed E-state index contributed by atoms with van der Waals surface area (Å²) in [4.78, 5) is 1.56. The number of rotatable bonds is 3. The van der Waals surface area contributed by atoms with Crippen LogP contribution >= 0.6 is 62.3 Å². The largest absolute Gasteiger partial charge is 0.396 e. The van der Waals surface area contributed by atoms with Crippen LogP contribution in [0.25, 0.3) is 0 Å². The van der Waals surface area contributed by atoms with Crippen molar-refractivity contribution in [2.24, 2.45) is 0 Å². The molecular weight excluding hydrogens is 510 g/mol. The molecule has 2 aromatic rings. The number of nitriles is 2. The molecule has 0 spiro atoms. The minimum absolute atomic E-state index is 0.444. The summed E-state index contributed by atoms with van der Waals surface area (Å²) in [6.07, 6.45) is 1.75. The van der Waals surface area contributed by atoms with Gasteiger partial charge in [0.05, 0.1) is 31.5 Å². The van der Waals surface area contributed by atoms with E-state index in [9.17, 15) is 0 Å². The molecule has 5 nitrogen and oxygen atoms in total. The normalized spacial score (nSPS) is 8.32. The highest BCUT2D eigenvalue weighted by atomic mass is 79.9. The summed E-state index contributed by atoms with van der Waals surface area (Å²) < 4.78 is 4.83. The van der Waals surface area contributed by atoms with E-state index in [2.05, 4.69) is 21.2 Å². The predicted molar refractivity (Wildman–Crippen MR) is 123 cm³/mol. The first kappa shape index (κ1) is 28.8. The zero-order valence-corrected chi connectivity index (χ0v) is 19.8. The molecule has 0 aliphatic rings. The van der Waals surface area contributed by atoms with Gasteiger partial charge in [-0.1, -0.05) is 58.5 Å². The molecule has 0 fully saturated rings. The Labute approximate surface area is 194 Å². The molecule has 10 heteroatoms. The number of anilines is 2. The van der Waals surface area contributed by atoms with Crippen LogP contribution in [0.15, 0.2) is 36.4 Å². The maximum absolute atomic E-state index is 8.29. The molecule has 152 valence electrons. The molecule has 0 aliphatic heterocycles. The van der Waals surface area contributed by atoms with Crippen LogP contribution in [0, 0.1) is 21.7 Å². The monoisotopic (exact) mass is 526 g/mol. The summed E-state index contributed by atoms with van der Waals surface area (Å²) in [6.45, 7) is 5.67. The first-order chi connectivity index (χ1) is 13.3. The number of nitrogens with two attached hydrogens (primary N) is 1. The number of nitrogens with zero attached hydrogens (tertiary/aromatic N) is 2. The number of hydrogen-bond acceptors (Lipinski definition) is 5. The maximum Gasteiger partial charge on any atom is 0.181 e. The average molecular weight is 529 g/mol. The lowest BCUT2D eigenvalue weighted by Crippen LogP contribution is -1.88. The van der Waals surface area contributed by atoms with Crippen molar-refractivity contribution in [2.75, 3.05) is 24.3 Å². The van der Waals surface area contributed by atoms with Crippen molar-refractivity contribution in [3.05, 3.63) is 56.5 Å². The third-order valence-corrected chi connectivity index (χ3v) is 3.84. The lowest BCUT2D eigenvalue weighted by Gasteiger charge is -2.01. The molecule has 0 radical (unpaired) electrons. The Morgan fingerprint density at radius 1 is 0.929 bits per heavy atom. The highest BCUT2D eigenvalue weighted by Crippen LogP contribution is 2.29. The van der Waals surface area contributed by atoms with Crippen molar-refractivity contribution in [3.8, 4) is 11.2 Å². The van der Waals surface area contributed by atoms with Crippen molar-refractivity contribution >= 4 is 73.7 Å². The molecule has 0 bridgehead atoms. The number of ether oxygens (including phenoxy) is 1. The Kier molecular flexibility index (Phi) is 19.5. The van der Waals surface area contributed by atoms with Gasteiger partial charge in [-0.25, -0.2) is 0 Å². The van der Waals surface area contributed by atoms with Crippen LogP contribution in [0.4, 0.5) is 11.4 Å². The second-order valence-electron chi connectivity index (χ2n) is 4.33. The van der Waals surface area contributed by atoms with Gasteiger partial charge in [0.2, 0.25) is 0 Å². The lowest BCUT2D eigenvalue weighted by molar-refractivity contribution is 0.162. The molecule has 28 heavy (non-hydrogen) atoms. The molecule has 0 saturated heterocycles. The fraction of sp³-hybridized carbons (Fsp3) is 0.222. The van der Waals surface area contributed by atoms with Gasteiger partial charge in [0.15, 0.2) is 6.19 Å². The number of nitrogen functional groups attached to an aromatic ring is 1. The van der Waals surface area contributed by atoms with Crippen LogP contribution in [0.5, 0.6) is 0 Å². The summed E-state index contributed by atoms with van der Waals surface area (Å²) >= 11 is 25.1. The van der Waals surface area contributed by atoms with Gasteiger partial charge in [0.25, 0.3) is 0 Å². The number of halogens is 5. The zero-order chi connectivity index (χ0) is 21.9. The molecule has 3 N–H and O–H groups in total. The van der Waals surface area contributed by atoms with Gasteiger partial charge in [0.1, 0.15) is 4.98 Å². The molecule has 0 atom stereocenters. The van der Waals surface area contributed by atoms with Crippen molar-refractivity contribution in [3.63, 3.8) is 0 Å². The van der Waals surface area contributed by atoms with Crippen molar-refractivity contribution in [1.29, 1.82) is 10.5 Å². The second kappa shape index (κ2) is 19.0. The fourth-order valence-corrected chi connectivity index (χ4v) is 2.28. The number of hydrogen-bond donors (Lipinski definition) is 2. The molecule has 0 unspecified atom stereocenters. The van der Waals surface area contributed by atoms with Gasteiger partial charge >= 0.3 is 0 Å². The third kappa shape index (κ3) is 13.7. The topological polar surface area (TPSA) is 94.9 Å². The van der Waals surface area contributed by atoms with Gasteiger partial charge in [-0.3, -0.25) is 5.32 Å². The molecule has 2 aromatic carbocycles. The highest BCUT2D eigenvalue weighted by Gasteiger charge is 2.02. The van der Waals surface area contributed by atoms with Crippen LogP contribution < -0.4 is 11.1 Å². The lowest BCUT2D eigenvalue weighted by atomic mass is 10.3. The Morgan fingerprint density at radius 2 is 1.29 bits per heavy atom. The van der Waals surface area contributed by atoms with Gasteiger partial charge in [-0.05, 0) is 38.1 Å². The average Bonchev–Trinajstić information content (AvgIpc) is 2.65. The van der Waals surface area contributed by atoms with E-state index in [1.165, 1.54) is 0 Å². The van der Waals surface area contributed by atoms with E-state index in [0.29, 0.717) is 31.5 Å². The quantitative estimate of drug-likeness (QED) is 0.246. The summed E-state index contributed by atoms with van der Waals surface area (Å²) in [5.41, 5.74) is 6.32. The molecule has 2 rings (SSSR count). The minimum Gasteiger partial charge on any atom is -0.396 e. The third-order valence-electron chi connectivity index (χ3n) is 2.55. The number of nitrogens with one attached hydrogen (secondary N) is 1. The van der Waals surface area contributed by atoms with E-state index < -0.39 is 0 Å². The SMILES string of the molecule is CCOCC.N#CBr.N#CNc1c(Cl)cccc1Cl.Nc1c(Cl)cccc1Cl. The van der Waals surface area contributed by atoms with Gasteiger partial charge in [-0.15, -0.1) is 0 Å². The van der Waals surface area contributed by atoms with Gasteiger partial charge in [0, 0.05) is 29.1 Å².